The van der Waals surface area contributed by atoms with Crippen LogP contribution in [0, 0.1) is 11.8 Å². The smallest absolute Gasteiger partial charge is 0.322 e. The minimum absolute atomic E-state index is 0.0411. The Morgan fingerprint density at radius 1 is 1.35 bits per heavy atom. The first-order valence-electron chi connectivity index (χ1n) is 6.38. The van der Waals surface area contributed by atoms with E-state index in [2.05, 4.69) is 10.6 Å². The monoisotopic (exact) mass is 276 g/mol. The maximum atomic E-state index is 11.8. The molecule has 106 valence electrons. The molecule has 2 unspecified atom stereocenters. The SMILES string of the molecule is CC1CC1C(=O)Nc1cccc(C(=O)NCC(=O)O)c1. The molecule has 2 atom stereocenters. The van der Waals surface area contributed by atoms with Gasteiger partial charge in [0.05, 0.1) is 0 Å². The van der Waals surface area contributed by atoms with Crippen molar-refractivity contribution in [1.29, 1.82) is 0 Å². The second-order valence-electron chi connectivity index (χ2n) is 4.97. The molecule has 0 radical (unpaired) electrons. The maximum Gasteiger partial charge on any atom is 0.322 e. The molecule has 3 N–H and O–H groups in total. The fourth-order valence-corrected chi connectivity index (χ4v) is 1.92. The minimum Gasteiger partial charge on any atom is -0.480 e. The number of benzene rings is 1. The topological polar surface area (TPSA) is 95.5 Å². The lowest BCUT2D eigenvalue weighted by atomic mass is 10.2. The molecule has 1 aromatic rings. The highest BCUT2D eigenvalue weighted by molar-refractivity contribution is 5.99. The third-order valence-electron chi connectivity index (χ3n) is 3.24. The van der Waals surface area contributed by atoms with E-state index in [1.165, 1.54) is 6.07 Å². The number of anilines is 1. The fraction of sp³-hybridized carbons (Fsp3) is 0.357. The average Bonchev–Trinajstić information content (AvgIpc) is 3.13. The van der Waals surface area contributed by atoms with Gasteiger partial charge in [-0.15, -0.1) is 0 Å². The lowest BCUT2D eigenvalue weighted by molar-refractivity contribution is -0.135. The van der Waals surface area contributed by atoms with E-state index in [1.807, 2.05) is 6.92 Å². The summed E-state index contributed by atoms with van der Waals surface area (Å²) in [5.41, 5.74) is 0.852. The first kappa shape index (κ1) is 14.0. The van der Waals surface area contributed by atoms with E-state index in [4.69, 9.17) is 5.11 Å². The van der Waals surface area contributed by atoms with Gasteiger partial charge < -0.3 is 15.7 Å². The van der Waals surface area contributed by atoms with E-state index >= 15 is 0 Å². The molecule has 6 heteroatoms. The normalized spacial score (nSPS) is 20.1. The van der Waals surface area contributed by atoms with Gasteiger partial charge in [-0.1, -0.05) is 13.0 Å². The molecule has 1 fully saturated rings. The molecule has 0 heterocycles. The van der Waals surface area contributed by atoms with Crippen LogP contribution in [-0.2, 0) is 9.59 Å². The fourth-order valence-electron chi connectivity index (χ4n) is 1.92. The molecule has 0 spiro atoms. The molecule has 0 saturated heterocycles. The number of carbonyl (C=O) groups is 3. The van der Waals surface area contributed by atoms with E-state index in [9.17, 15) is 14.4 Å². The van der Waals surface area contributed by atoms with E-state index < -0.39 is 18.4 Å². The number of hydrogen-bond donors (Lipinski definition) is 3. The number of aliphatic carboxylic acids is 1. The van der Waals surface area contributed by atoms with Gasteiger partial charge in [0.25, 0.3) is 5.91 Å². The summed E-state index contributed by atoms with van der Waals surface area (Å²) in [6, 6.07) is 6.43. The highest BCUT2D eigenvalue weighted by atomic mass is 16.4. The van der Waals surface area contributed by atoms with Gasteiger partial charge in [0.15, 0.2) is 0 Å². The van der Waals surface area contributed by atoms with Crippen LogP contribution in [0.25, 0.3) is 0 Å². The Bertz CT molecular complexity index is 556. The van der Waals surface area contributed by atoms with Gasteiger partial charge in [0.1, 0.15) is 6.54 Å². The van der Waals surface area contributed by atoms with Crippen molar-refractivity contribution in [3.05, 3.63) is 29.8 Å². The lowest BCUT2D eigenvalue weighted by Crippen LogP contribution is -2.29. The predicted octanol–water partition coefficient (Wildman–Crippen LogP) is 1.10. The van der Waals surface area contributed by atoms with E-state index in [0.717, 1.165) is 6.42 Å². The Morgan fingerprint density at radius 2 is 2.05 bits per heavy atom. The van der Waals surface area contributed by atoms with Gasteiger partial charge in [0, 0.05) is 17.2 Å². The zero-order valence-corrected chi connectivity index (χ0v) is 11.1. The Hall–Kier alpha value is -2.37. The first-order valence-corrected chi connectivity index (χ1v) is 6.38. The summed E-state index contributed by atoms with van der Waals surface area (Å²) in [5, 5.41) is 13.5. The van der Waals surface area contributed by atoms with Crippen molar-refractivity contribution in [2.75, 3.05) is 11.9 Å². The van der Waals surface area contributed by atoms with E-state index in [0.29, 0.717) is 17.2 Å². The summed E-state index contributed by atoms with van der Waals surface area (Å²) in [6.07, 6.45) is 0.893. The number of nitrogens with one attached hydrogen (secondary N) is 2. The molecule has 0 aromatic heterocycles. The second-order valence-corrected chi connectivity index (χ2v) is 4.97. The minimum atomic E-state index is -1.11. The highest BCUT2D eigenvalue weighted by Crippen LogP contribution is 2.38. The molecular formula is C14H16N2O4. The number of amides is 2. The molecule has 1 saturated carbocycles. The van der Waals surface area contributed by atoms with Gasteiger partial charge in [-0.25, -0.2) is 0 Å². The standard InChI is InChI=1S/C14H16N2O4/c1-8-5-11(8)14(20)16-10-4-2-3-9(6-10)13(19)15-7-12(17)18/h2-4,6,8,11H,5,7H2,1H3,(H,15,19)(H,16,20)(H,17,18). The van der Waals surface area contributed by atoms with Crippen molar-refractivity contribution < 1.29 is 19.5 Å². The van der Waals surface area contributed by atoms with Crippen molar-refractivity contribution in [1.82, 2.24) is 5.32 Å². The van der Waals surface area contributed by atoms with Crippen LogP contribution in [0.1, 0.15) is 23.7 Å². The lowest BCUT2D eigenvalue weighted by Gasteiger charge is -2.07. The summed E-state index contributed by atoms with van der Waals surface area (Å²) in [6.45, 7) is 1.58. The zero-order chi connectivity index (χ0) is 14.7. The third kappa shape index (κ3) is 3.57. The maximum absolute atomic E-state index is 11.8. The largest absolute Gasteiger partial charge is 0.480 e. The summed E-state index contributed by atoms with van der Waals surface area (Å²) in [5.74, 6) is -1.16. The highest BCUT2D eigenvalue weighted by Gasteiger charge is 2.39. The van der Waals surface area contributed by atoms with Crippen LogP contribution in [0.3, 0.4) is 0 Å². The van der Waals surface area contributed by atoms with Crippen molar-refractivity contribution in [3.63, 3.8) is 0 Å². The van der Waals surface area contributed by atoms with Crippen LogP contribution in [0.15, 0.2) is 24.3 Å². The number of rotatable bonds is 5. The zero-order valence-electron chi connectivity index (χ0n) is 11.1. The van der Waals surface area contributed by atoms with Crippen molar-refractivity contribution >= 4 is 23.5 Å². The Kier molecular flexibility index (Phi) is 4.02. The van der Waals surface area contributed by atoms with Crippen LogP contribution >= 0.6 is 0 Å². The second kappa shape index (κ2) is 5.73. The van der Waals surface area contributed by atoms with Gasteiger partial charge >= 0.3 is 5.97 Å². The third-order valence-corrected chi connectivity index (χ3v) is 3.24. The molecule has 6 nitrogen and oxygen atoms in total. The van der Waals surface area contributed by atoms with Crippen molar-refractivity contribution in [2.24, 2.45) is 11.8 Å². The molecule has 2 amide bonds. The Labute approximate surface area is 116 Å². The van der Waals surface area contributed by atoms with E-state index in [1.54, 1.807) is 18.2 Å². The molecule has 0 aliphatic heterocycles. The molecule has 1 aliphatic carbocycles. The van der Waals surface area contributed by atoms with Gasteiger partial charge in [-0.05, 0) is 30.5 Å². The Morgan fingerprint density at radius 3 is 2.65 bits per heavy atom. The van der Waals surface area contributed by atoms with Crippen molar-refractivity contribution in [3.8, 4) is 0 Å². The van der Waals surface area contributed by atoms with Crippen LogP contribution in [0.5, 0.6) is 0 Å². The van der Waals surface area contributed by atoms with Crippen LogP contribution in [-0.4, -0.2) is 29.4 Å². The Balaban J connectivity index is 1.98. The van der Waals surface area contributed by atoms with Crippen molar-refractivity contribution in [2.45, 2.75) is 13.3 Å². The number of carboxylic acids is 1. The quantitative estimate of drug-likeness (QED) is 0.750. The molecule has 1 aliphatic rings. The summed E-state index contributed by atoms with van der Waals surface area (Å²) in [7, 11) is 0. The molecule has 1 aromatic carbocycles. The molecule has 20 heavy (non-hydrogen) atoms. The summed E-state index contributed by atoms with van der Waals surface area (Å²) in [4.78, 5) is 33.9. The van der Waals surface area contributed by atoms with Gasteiger partial charge in [-0.3, -0.25) is 14.4 Å². The molecular weight excluding hydrogens is 260 g/mol. The van der Waals surface area contributed by atoms with Crippen LogP contribution in [0.2, 0.25) is 0 Å². The number of carbonyl (C=O) groups excluding carboxylic acids is 2. The summed E-state index contributed by atoms with van der Waals surface area (Å²) >= 11 is 0. The van der Waals surface area contributed by atoms with Crippen LogP contribution in [0.4, 0.5) is 5.69 Å². The average molecular weight is 276 g/mol. The van der Waals surface area contributed by atoms with Gasteiger partial charge in [0.2, 0.25) is 5.91 Å². The number of hydrogen-bond acceptors (Lipinski definition) is 3. The summed E-state index contributed by atoms with van der Waals surface area (Å²) < 4.78 is 0. The molecule has 0 bridgehead atoms. The molecule has 2 rings (SSSR count). The number of carboxylic acid groups (broad SMARTS) is 1. The first-order chi connectivity index (χ1) is 9.47. The van der Waals surface area contributed by atoms with Crippen LogP contribution < -0.4 is 10.6 Å². The van der Waals surface area contributed by atoms with Gasteiger partial charge in [-0.2, -0.15) is 0 Å². The predicted molar refractivity (Wildman–Crippen MR) is 72.3 cm³/mol. The van der Waals surface area contributed by atoms with E-state index in [-0.39, 0.29) is 11.8 Å².